The van der Waals surface area contributed by atoms with Gasteiger partial charge in [0.25, 0.3) is 0 Å². The molecular weight excluding hydrogens is 224 g/mol. The predicted molar refractivity (Wildman–Crippen MR) is 43.4 cm³/mol. The van der Waals surface area contributed by atoms with Crippen LogP contribution in [0.1, 0.15) is 6.42 Å². The summed E-state index contributed by atoms with van der Waals surface area (Å²) in [6, 6.07) is 0. The Kier molecular flexibility index (Phi) is 35.4. The zero-order chi connectivity index (χ0) is 4.12. The quantitative estimate of drug-likeness (QED) is 0.731. The first kappa shape index (κ1) is 15.7. The monoisotopic (exact) mass is 234 g/mol. The van der Waals surface area contributed by atoms with Gasteiger partial charge in [0.15, 0.2) is 0 Å². The smallest absolute Gasteiger partial charge is 0.00653 e. The summed E-state index contributed by atoms with van der Waals surface area (Å²) in [4.78, 5) is 0. The van der Waals surface area contributed by atoms with Gasteiger partial charge in [-0.2, -0.15) is 0 Å². The zero-order valence-corrected chi connectivity index (χ0v) is 7.52. The van der Waals surface area contributed by atoms with Crippen LogP contribution in [0.2, 0.25) is 0 Å². The Bertz CT molecular complexity index is 18.4. The molecule has 0 fully saturated rings. The molecular formula is C3H12Br2N2. The molecule has 0 aromatic rings. The fourth-order valence-electron chi connectivity index (χ4n) is 0.118. The molecule has 0 atom stereocenters. The summed E-state index contributed by atoms with van der Waals surface area (Å²) >= 11 is 0. The summed E-state index contributed by atoms with van der Waals surface area (Å²) in [6.07, 6.45) is 0.944. The molecule has 48 valence electrons. The lowest BCUT2D eigenvalue weighted by molar-refractivity contribution is 0.844. The summed E-state index contributed by atoms with van der Waals surface area (Å²) in [5, 5.41) is 0. The Morgan fingerprint density at radius 3 is 1.14 bits per heavy atom. The van der Waals surface area contributed by atoms with E-state index in [1.807, 2.05) is 0 Å². The van der Waals surface area contributed by atoms with Crippen LogP contribution in [-0.2, 0) is 0 Å². The summed E-state index contributed by atoms with van der Waals surface area (Å²) < 4.78 is 0. The minimum atomic E-state index is 0. The lowest BCUT2D eigenvalue weighted by atomic mass is 10.4. The third-order valence-corrected chi connectivity index (χ3v) is 0.408. The number of rotatable bonds is 2. The van der Waals surface area contributed by atoms with Gasteiger partial charge >= 0.3 is 0 Å². The largest absolute Gasteiger partial charge is 0.330 e. The van der Waals surface area contributed by atoms with E-state index in [2.05, 4.69) is 0 Å². The van der Waals surface area contributed by atoms with Gasteiger partial charge in [-0.05, 0) is 19.5 Å². The predicted octanol–water partition coefficient (Wildman–Crippen LogP) is 0.450. The highest BCUT2D eigenvalue weighted by molar-refractivity contribution is 8.93. The van der Waals surface area contributed by atoms with E-state index in [4.69, 9.17) is 11.5 Å². The van der Waals surface area contributed by atoms with E-state index in [-0.39, 0.29) is 34.0 Å². The lowest BCUT2D eigenvalue weighted by Crippen LogP contribution is -2.06. The highest BCUT2D eigenvalue weighted by Gasteiger charge is 1.67. The number of hydrogen-bond donors (Lipinski definition) is 2. The Morgan fingerprint density at radius 1 is 0.857 bits per heavy atom. The Balaban J connectivity index is -0.0000000800. The van der Waals surface area contributed by atoms with Crippen molar-refractivity contribution in [2.24, 2.45) is 11.5 Å². The summed E-state index contributed by atoms with van der Waals surface area (Å²) in [5.41, 5.74) is 10.1. The summed E-state index contributed by atoms with van der Waals surface area (Å²) in [5.74, 6) is 0. The van der Waals surface area contributed by atoms with Gasteiger partial charge in [-0.25, -0.2) is 0 Å². The SMILES string of the molecule is Br.Br.NCCCN. The van der Waals surface area contributed by atoms with Gasteiger partial charge in [-0.1, -0.05) is 0 Å². The van der Waals surface area contributed by atoms with Gasteiger partial charge in [-0.15, -0.1) is 34.0 Å². The van der Waals surface area contributed by atoms with Gasteiger partial charge in [-0.3, -0.25) is 0 Å². The average molecular weight is 236 g/mol. The van der Waals surface area contributed by atoms with Crippen LogP contribution in [0.15, 0.2) is 0 Å². The van der Waals surface area contributed by atoms with Crippen molar-refractivity contribution in [3.8, 4) is 0 Å². The highest BCUT2D eigenvalue weighted by Crippen LogP contribution is 1.58. The third kappa shape index (κ3) is 19.8. The second kappa shape index (κ2) is 15.8. The van der Waals surface area contributed by atoms with Crippen molar-refractivity contribution in [2.45, 2.75) is 6.42 Å². The van der Waals surface area contributed by atoms with Crippen LogP contribution in [0, 0.1) is 0 Å². The molecule has 7 heavy (non-hydrogen) atoms. The standard InChI is InChI=1S/C3H10N2.2BrH/c4-2-1-3-5;;/h1-5H2;2*1H. The Hall–Kier alpha value is 0.880. The maximum atomic E-state index is 5.06. The first-order chi connectivity index (χ1) is 2.41. The van der Waals surface area contributed by atoms with Crippen LogP contribution >= 0.6 is 34.0 Å². The topological polar surface area (TPSA) is 52.0 Å². The van der Waals surface area contributed by atoms with Crippen molar-refractivity contribution >= 4 is 34.0 Å². The van der Waals surface area contributed by atoms with Gasteiger partial charge in [0, 0.05) is 0 Å². The van der Waals surface area contributed by atoms with Crippen LogP contribution in [0.25, 0.3) is 0 Å². The molecule has 0 bridgehead atoms. The summed E-state index contributed by atoms with van der Waals surface area (Å²) in [6.45, 7) is 1.44. The van der Waals surface area contributed by atoms with Crippen LogP contribution in [0.4, 0.5) is 0 Å². The molecule has 0 saturated heterocycles. The zero-order valence-electron chi connectivity index (χ0n) is 4.09. The van der Waals surface area contributed by atoms with Crippen LogP contribution < -0.4 is 11.5 Å². The van der Waals surface area contributed by atoms with Crippen LogP contribution in [0.3, 0.4) is 0 Å². The first-order valence-corrected chi connectivity index (χ1v) is 1.82. The van der Waals surface area contributed by atoms with E-state index in [9.17, 15) is 0 Å². The highest BCUT2D eigenvalue weighted by atomic mass is 79.9. The molecule has 2 nitrogen and oxygen atoms in total. The van der Waals surface area contributed by atoms with Crippen molar-refractivity contribution in [3.05, 3.63) is 0 Å². The molecule has 0 amide bonds. The van der Waals surface area contributed by atoms with Crippen molar-refractivity contribution < 1.29 is 0 Å². The van der Waals surface area contributed by atoms with E-state index in [1.165, 1.54) is 0 Å². The Morgan fingerprint density at radius 2 is 1.14 bits per heavy atom. The molecule has 0 aromatic carbocycles. The molecule has 0 unspecified atom stereocenters. The molecule has 0 rings (SSSR count). The minimum absolute atomic E-state index is 0. The molecule has 0 saturated carbocycles. The van der Waals surface area contributed by atoms with Gasteiger partial charge < -0.3 is 11.5 Å². The maximum Gasteiger partial charge on any atom is -0.00653 e. The lowest BCUT2D eigenvalue weighted by Gasteiger charge is -1.81. The number of nitrogens with two attached hydrogens (primary N) is 2. The molecule has 0 aromatic heterocycles. The van der Waals surface area contributed by atoms with E-state index >= 15 is 0 Å². The molecule has 0 aliphatic heterocycles. The molecule has 4 heteroatoms. The Labute approximate surface area is 65.2 Å². The summed E-state index contributed by atoms with van der Waals surface area (Å²) in [7, 11) is 0. The fraction of sp³-hybridized carbons (Fsp3) is 1.00. The second-order valence-electron chi connectivity index (χ2n) is 0.931. The van der Waals surface area contributed by atoms with Crippen LogP contribution in [-0.4, -0.2) is 13.1 Å². The maximum absolute atomic E-state index is 5.06. The average Bonchev–Trinajstić information content (AvgIpc) is 1.41. The first-order valence-electron chi connectivity index (χ1n) is 1.82. The van der Waals surface area contributed by atoms with E-state index in [0.717, 1.165) is 19.5 Å². The van der Waals surface area contributed by atoms with E-state index in [1.54, 1.807) is 0 Å². The normalized spacial score (nSPS) is 6.00. The van der Waals surface area contributed by atoms with E-state index < -0.39 is 0 Å². The molecule has 0 spiro atoms. The molecule has 0 heterocycles. The molecule has 0 aliphatic rings. The number of halogens is 2. The van der Waals surface area contributed by atoms with Gasteiger partial charge in [0.2, 0.25) is 0 Å². The second-order valence-corrected chi connectivity index (χ2v) is 0.931. The van der Waals surface area contributed by atoms with Crippen molar-refractivity contribution in [1.82, 2.24) is 0 Å². The molecule has 0 aliphatic carbocycles. The third-order valence-electron chi connectivity index (χ3n) is 0.408. The molecule has 4 N–H and O–H groups in total. The minimum Gasteiger partial charge on any atom is -0.330 e. The number of hydrogen-bond acceptors (Lipinski definition) is 2. The molecule has 0 radical (unpaired) electrons. The van der Waals surface area contributed by atoms with E-state index in [0.29, 0.717) is 0 Å². The van der Waals surface area contributed by atoms with Gasteiger partial charge in [0.1, 0.15) is 0 Å². The van der Waals surface area contributed by atoms with Crippen LogP contribution in [0.5, 0.6) is 0 Å². The van der Waals surface area contributed by atoms with Gasteiger partial charge in [0.05, 0.1) is 0 Å². The fourth-order valence-corrected chi connectivity index (χ4v) is 0.118. The van der Waals surface area contributed by atoms with Crippen molar-refractivity contribution in [2.75, 3.05) is 13.1 Å². The van der Waals surface area contributed by atoms with Crippen molar-refractivity contribution in [1.29, 1.82) is 0 Å². The van der Waals surface area contributed by atoms with Crippen molar-refractivity contribution in [3.63, 3.8) is 0 Å².